The Labute approximate surface area is 176 Å². The van der Waals surface area contributed by atoms with Crippen LogP contribution in [-0.4, -0.2) is 5.78 Å². The summed E-state index contributed by atoms with van der Waals surface area (Å²) in [6.07, 6.45) is 12.6. The second-order valence-corrected chi connectivity index (χ2v) is 9.67. The van der Waals surface area contributed by atoms with Gasteiger partial charge in [0, 0.05) is 12.0 Å². The predicted molar refractivity (Wildman–Crippen MR) is 122 cm³/mol. The van der Waals surface area contributed by atoms with Crippen molar-refractivity contribution in [3.05, 3.63) is 70.3 Å². The quantitative estimate of drug-likeness (QED) is 0.426. The summed E-state index contributed by atoms with van der Waals surface area (Å²) < 4.78 is 0. The molecule has 2 aromatic rings. The van der Waals surface area contributed by atoms with E-state index >= 15 is 0 Å². The van der Waals surface area contributed by atoms with Crippen molar-refractivity contribution >= 4 is 5.78 Å². The Hall–Kier alpha value is -1.89. The number of carbonyl (C=O) groups excluding carboxylic acids is 1. The van der Waals surface area contributed by atoms with Gasteiger partial charge in [-0.25, -0.2) is 0 Å². The van der Waals surface area contributed by atoms with Crippen LogP contribution in [0.4, 0.5) is 0 Å². The molecule has 2 aliphatic rings. The van der Waals surface area contributed by atoms with Crippen LogP contribution in [0.2, 0.25) is 0 Å². The van der Waals surface area contributed by atoms with E-state index in [0.717, 1.165) is 17.0 Å². The average molecular weight is 389 g/mol. The van der Waals surface area contributed by atoms with E-state index in [9.17, 15) is 4.79 Å². The van der Waals surface area contributed by atoms with Gasteiger partial charge in [-0.1, -0.05) is 80.1 Å². The molecule has 0 unspecified atom stereocenters. The topological polar surface area (TPSA) is 17.1 Å². The molecular weight excluding hydrogens is 352 g/mol. The van der Waals surface area contributed by atoms with Crippen molar-refractivity contribution < 1.29 is 4.79 Å². The van der Waals surface area contributed by atoms with E-state index in [-0.39, 0.29) is 0 Å². The fraction of sp³-hybridized carbons (Fsp3) is 0.536. The molecule has 2 saturated carbocycles. The maximum Gasteiger partial charge on any atom is 0.163 e. The minimum atomic E-state index is 0.316. The minimum absolute atomic E-state index is 0.316. The third-order valence-electron chi connectivity index (χ3n) is 7.25. The van der Waals surface area contributed by atoms with E-state index in [1.54, 1.807) is 0 Å². The third kappa shape index (κ3) is 5.38. The molecule has 0 heterocycles. The van der Waals surface area contributed by atoms with Crippen molar-refractivity contribution in [2.24, 2.45) is 11.8 Å². The summed E-state index contributed by atoms with van der Waals surface area (Å²) in [5, 5.41) is 0. The summed E-state index contributed by atoms with van der Waals surface area (Å²) in [7, 11) is 0. The van der Waals surface area contributed by atoms with Gasteiger partial charge in [0.25, 0.3) is 0 Å². The maximum absolute atomic E-state index is 13.3. The molecule has 2 aromatic carbocycles. The molecule has 0 radical (unpaired) electrons. The second-order valence-electron chi connectivity index (χ2n) is 9.67. The standard InChI is InChI=1S/C28H36O/c1-20-8-17-26(21(2)18-20)28(29)19-27(24-6-4-3-5-7-24)25-15-13-23(14-16-25)12-11-22-9-10-22/h8,13-18,22,24,27H,3-7,9-12,19H2,1-2H3/t27-/m1/s1. The minimum Gasteiger partial charge on any atom is -0.294 e. The van der Waals surface area contributed by atoms with Crippen LogP contribution < -0.4 is 0 Å². The first-order chi connectivity index (χ1) is 14.1. The molecule has 0 spiro atoms. The number of hydrogen-bond donors (Lipinski definition) is 0. The highest BCUT2D eigenvalue weighted by Crippen LogP contribution is 2.39. The van der Waals surface area contributed by atoms with E-state index in [1.165, 1.54) is 74.5 Å². The largest absolute Gasteiger partial charge is 0.294 e. The van der Waals surface area contributed by atoms with Crippen LogP contribution >= 0.6 is 0 Å². The number of Topliss-reactive ketones (excluding diaryl/α,β-unsaturated/α-hetero) is 1. The van der Waals surface area contributed by atoms with Crippen molar-refractivity contribution in [2.45, 2.75) is 84.0 Å². The van der Waals surface area contributed by atoms with Gasteiger partial charge in [0.15, 0.2) is 5.78 Å². The Morgan fingerprint density at radius 1 is 0.931 bits per heavy atom. The Balaban J connectivity index is 1.51. The van der Waals surface area contributed by atoms with Gasteiger partial charge in [-0.05, 0) is 74.0 Å². The van der Waals surface area contributed by atoms with E-state index in [2.05, 4.69) is 50.2 Å². The van der Waals surface area contributed by atoms with Gasteiger partial charge in [-0.2, -0.15) is 0 Å². The summed E-state index contributed by atoms with van der Waals surface area (Å²) in [6.45, 7) is 4.17. The Bertz CT molecular complexity index is 822. The number of aryl methyl sites for hydroxylation is 3. The first-order valence-electron chi connectivity index (χ1n) is 11.8. The number of rotatable bonds is 8. The number of hydrogen-bond acceptors (Lipinski definition) is 1. The third-order valence-corrected chi connectivity index (χ3v) is 7.25. The summed E-state index contributed by atoms with van der Waals surface area (Å²) >= 11 is 0. The van der Waals surface area contributed by atoms with E-state index < -0.39 is 0 Å². The molecule has 0 amide bonds. The van der Waals surface area contributed by atoms with Gasteiger partial charge < -0.3 is 0 Å². The maximum atomic E-state index is 13.3. The summed E-state index contributed by atoms with van der Waals surface area (Å²) in [4.78, 5) is 13.3. The normalized spacial score (nSPS) is 18.6. The second kappa shape index (κ2) is 9.28. The molecule has 1 nitrogen and oxygen atoms in total. The predicted octanol–water partition coefficient (Wildman–Crippen LogP) is 7.58. The first-order valence-corrected chi connectivity index (χ1v) is 11.8. The zero-order valence-electron chi connectivity index (χ0n) is 18.3. The summed E-state index contributed by atoms with van der Waals surface area (Å²) in [5.41, 5.74) is 6.10. The lowest BCUT2D eigenvalue weighted by molar-refractivity contribution is 0.0957. The zero-order valence-corrected chi connectivity index (χ0v) is 18.3. The summed E-state index contributed by atoms with van der Waals surface area (Å²) in [5.74, 6) is 2.31. The monoisotopic (exact) mass is 388 g/mol. The number of carbonyl (C=O) groups is 1. The first kappa shape index (κ1) is 20.4. The van der Waals surface area contributed by atoms with Gasteiger partial charge in [0.1, 0.15) is 0 Å². The van der Waals surface area contributed by atoms with Crippen LogP contribution in [-0.2, 0) is 6.42 Å². The molecule has 4 rings (SSSR count). The molecule has 154 valence electrons. The van der Waals surface area contributed by atoms with Crippen LogP contribution in [0.1, 0.15) is 96.3 Å². The van der Waals surface area contributed by atoms with Crippen molar-refractivity contribution in [1.82, 2.24) is 0 Å². The molecule has 0 bridgehead atoms. The zero-order chi connectivity index (χ0) is 20.2. The molecule has 0 N–H and O–H groups in total. The van der Waals surface area contributed by atoms with Crippen LogP contribution in [0.15, 0.2) is 42.5 Å². The van der Waals surface area contributed by atoms with Crippen molar-refractivity contribution in [3.8, 4) is 0 Å². The highest BCUT2D eigenvalue weighted by molar-refractivity contribution is 5.98. The van der Waals surface area contributed by atoms with Crippen LogP contribution in [0.3, 0.4) is 0 Å². The van der Waals surface area contributed by atoms with Crippen molar-refractivity contribution in [3.63, 3.8) is 0 Å². The van der Waals surface area contributed by atoms with Crippen molar-refractivity contribution in [1.29, 1.82) is 0 Å². The fourth-order valence-corrected chi connectivity index (χ4v) is 5.24. The lowest BCUT2D eigenvalue weighted by Gasteiger charge is -2.30. The molecule has 0 aliphatic heterocycles. The van der Waals surface area contributed by atoms with E-state index in [4.69, 9.17) is 0 Å². The van der Waals surface area contributed by atoms with Gasteiger partial charge in [-0.15, -0.1) is 0 Å². The van der Waals surface area contributed by atoms with Gasteiger partial charge in [0.2, 0.25) is 0 Å². The van der Waals surface area contributed by atoms with Crippen LogP contribution in [0.25, 0.3) is 0 Å². The number of benzene rings is 2. The Morgan fingerprint density at radius 3 is 2.31 bits per heavy atom. The molecule has 0 aromatic heterocycles. The molecule has 29 heavy (non-hydrogen) atoms. The van der Waals surface area contributed by atoms with E-state index in [1.807, 2.05) is 6.07 Å². The SMILES string of the molecule is Cc1ccc(C(=O)C[C@@H](c2ccc(CCC3CC3)cc2)C2CCCCC2)c(C)c1. The molecule has 1 atom stereocenters. The average Bonchev–Trinajstić information content (AvgIpc) is 3.56. The molecule has 2 aliphatic carbocycles. The Kier molecular flexibility index (Phi) is 6.53. The number of ketones is 1. The Morgan fingerprint density at radius 2 is 1.66 bits per heavy atom. The van der Waals surface area contributed by atoms with Crippen molar-refractivity contribution in [2.75, 3.05) is 0 Å². The van der Waals surface area contributed by atoms with Gasteiger partial charge in [-0.3, -0.25) is 4.79 Å². The molecule has 1 heteroatoms. The molecule has 0 saturated heterocycles. The fourth-order valence-electron chi connectivity index (χ4n) is 5.24. The van der Waals surface area contributed by atoms with Gasteiger partial charge in [0.05, 0.1) is 0 Å². The molecular formula is C28H36O. The van der Waals surface area contributed by atoms with Gasteiger partial charge >= 0.3 is 0 Å². The smallest absolute Gasteiger partial charge is 0.163 e. The van der Waals surface area contributed by atoms with Crippen LogP contribution in [0, 0.1) is 25.7 Å². The highest BCUT2D eigenvalue weighted by Gasteiger charge is 2.28. The molecule has 2 fully saturated rings. The van der Waals surface area contributed by atoms with Crippen LogP contribution in [0.5, 0.6) is 0 Å². The lowest BCUT2D eigenvalue weighted by atomic mass is 9.74. The highest BCUT2D eigenvalue weighted by atomic mass is 16.1. The summed E-state index contributed by atoms with van der Waals surface area (Å²) in [6, 6.07) is 15.6. The van der Waals surface area contributed by atoms with E-state index in [0.29, 0.717) is 24.0 Å². The lowest BCUT2D eigenvalue weighted by Crippen LogP contribution is -2.20.